The lowest BCUT2D eigenvalue weighted by Crippen LogP contribution is -2.37. The highest BCUT2D eigenvalue weighted by Gasteiger charge is 2.21. The van der Waals surface area contributed by atoms with Crippen LogP contribution in [0.25, 0.3) is 0 Å². The summed E-state index contributed by atoms with van der Waals surface area (Å²) >= 11 is 0. The van der Waals surface area contributed by atoms with Crippen molar-refractivity contribution in [1.82, 2.24) is 0 Å². The van der Waals surface area contributed by atoms with E-state index in [2.05, 4.69) is 74.6 Å². The van der Waals surface area contributed by atoms with E-state index in [4.69, 9.17) is 18.5 Å². The fourth-order valence-electron chi connectivity index (χ4n) is 5.15. The summed E-state index contributed by atoms with van der Waals surface area (Å²) in [5.41, 5.74) is 0. The Bertz CT molecular complexity index is 1110. The monoisotopic (exact) mass is 780 g/mol. The van der Waals surface area contributed by atoms with Crippen LogP contribution in [0.4, 0.5) is 0 Å². The Hall–Kier alpha value is -2.29. The minimum atomic E-state index is -4.63. The van der Waals surface area contributed by atoms with Gasteiger partial charge in [-0.3, -0.25) is 14.2 Å². The van der Waals surface area contributed by atoms with E-state index in [0.717, 1.165) is 77.0 Å². The predicted octanol–water partition coefficient (Wildman–Crippen LogP) is 11.1. The van der Waals surface area contributed by atoms with Gasteiger partial charge >= 0.3 is 11.9 Å². The summed E-state index contributed by atoms with van der Waals surface area (Å²) in [5.74, 6) is -0.888. The number of carbonyl (C=O) groups excluding carboxylic acids is 2. The second kappa shape index (κ2) is 36.4. The van der Waals surface area contributed by atoms with E-state index in [1.54, 1.807) is 0 Å². The van der Waals surface area contributed by atoms with Crippen LogP contribution in [0.15, 0.2) is 60.8 Å². The third kappa shape index (κ3) is 39.4. The summed E-state index contributed by atoms with van der Waals surface area (Å²) in [5, 5.41) is 0. The van der Waals surface area contributed by atoms with Crippen molar-refractivity contribution in [3.8, 4) is 0 Å². The predicted molar refractivity (Wildman–Crippen MR) is 222 cm³/mol. The number of nitrogens with zero attached hydrogens (tertiary/aromatic N) is 1. The summed E-state index contributed by atoms with van der Waals surface area (Å²) in [7, 11) is 1.13. The number of allylic oxidation sites excluding steroid dienone is 10. The quantitative estimate of drug-likeness (QED) is 0.0201. The molecule has 10 heteroatoms. The third-order valence-corrected chi connectivity index (χ3v) is 9.47. The molecular formula is C44H78NO8P. The highest BCUT2D eigenvalue weighted by molar-refractivity contribution is 7.45. The Labute approximate surface area is 330 Å². The first-order valence-corrected chi connectivity index (χ1v) is 22.5. The zero-order valence-electron chi connectivity index (χ0n) is 34.9. The molecule has 0 N–H and O–H groups in total. The Morgan fingerprint density at radius 3 is 1.57 bits per heavy atom. The second-order valence-electron chi connectivity index (χ2n) is 15.0. The molecule has 0 aliphatic rings. The maximum absolute atomic E-state index is 12.6. The molecule has 0 aliphatic carbocycles. The van der Waals surface area contributed by atoms with Crippen LogP contribution in [0.5, 0.6) is 0 Å². The topological polar surface area (TPSA) is 111 Å². The first-order valence-electron chi connectivity index (χ1n) is 21.0. The molecule has 0 spiro atoms. The van der Waals surface area contributed by atoms with Gasteiger partial charge in [-0.2, -0.15) is 0 Å². The highest BCUT2D eigenvalue weighted by Crippen LogP contribution is 2.38. The fourth-order valence-corrected chi connectivity index (χ4v) is 5.87. The van der Waals surface area contributed by atoms with Crippen molar-refractivity contribution in [3.05, 3.63) is 60.8 Å². The number of hydrogen-bond acceptors (Lipinski definition) is 8. The molecule has 0 amide bonds. The van der Waals surface area contributed by atoms with Gasteiger partial charge in [0.15, 0.2) is 6.10 Å². The molecule has 0 fully saturated rings. The van der Waals surface area contributed by atoms with Gasteiger partial charge in [0.05, 0.1) is 27.7 Å². The number of ether oxygens (including phenoxy) is 2. The third-order valence-electron chi connectivity index (χ3n) is 8.51. The average molecular weight is 780 g/mol. The SMILES string of the molecule is CCCC/C=C\CCCCCCCC(=O)O[C@H](COC(=O)CCCCC/C=C\C/C=C\C/C=C\C/C=C\CCCCC)COP(=O)([O-])OCC[N+](C)(C)C. The van der Waals surface area contributed by atoms with E-state index in [9.17, 15) is 19.0 Å². The van der Waals surface area contributed by atoms with E-state index < -0.39 is 32.5 Å². The van der Waals surface area contributed by atoms with Crippen molar-refractivity contribution in [2.45, 2.75) is 161 Å². The summed E-state index contributed by atoms with van der Waals surface area (Å²) in [6.45, 7) is 4.09. The minimum Gasteiger partial charge on any atom is -0.756 e. The van der Waals surface area contributed by atoms with Crippen LogP contribution in [0, 0.1) is 0 Å². The van der Waals surface area contributed by atoms with Crippen LogP contribution in [-0.4, -0.2) is 70.0 Å². The van der Waals surface area contributed by atoms with Gasteiger partial charge < -0.3 is 27.9 Å². The van der Waals surface area contributed by atoms with Gasteiger partial charge in [-0.25, -0.2) is 0 Å². The number of rotatable bonds is 37. The fraction of sp³-hybridized carbons (Fsp3) is 0.727. The molecule has 0 aromatic heterocycles. The van der Waals surface area contributed by atoms with Gasteiger partial charge in [-0.05, 0) is 77.0 Å². The Balaban J connectivity index is 4.43. The minimum absolute atomic E-state index is 0.0404. The molecule has 0 aromatic rings. The van der Waals surface area contributed by atoms with Crippen molar-refractivity contribution >= 4 is 19.8 Å². The molecule has 0 saturated carbocycles. The van der Waals surface area contributed by atoms with Gasteiger partial charge in [-0.1, -0.05) is 126 Å². The van der Waals surface area contributed by atoms with E-state index in [0.29, 0.717) is 23.9 Å². The van der Waals surface area contributed by atoms with Crippen LogP contribution in [0.2, 0.25) is 0 Å². The average Bonchev–Trinajstić information content (AvgIpc) is 3.12. The lowest BCUT2D eigenvalue weighted by molar-refractivity contribution is -0.870. The van der Waals surface area contributed by atoms with Gasteiger partial charge in [0.1, 0.15) is 19.8 Å². The van der Waals surface area contributed by atoms with E-state index in [-0.39, 0.29) is 26.1 Å². The number of carbonyl (C=O) groups is 2. The van der Waals surface area contributed by atoms with Crippen LogP contribution >= 0.6 is 7.82 Å². The van der Waals surface area contributed by atoms with E-state index in [1.807, 2.05) is 21.1 Å². The van der Waals surface area contributed by atoms with E-state index in [1.165, 1.54) is 38.5 Å². The maximum atomic E-state index is 12.6. The summed E-state index contributed by atoms with van der Waals surface area (Å²) in [6.07, 6.45) is 42.5. The molecule has 312 valence electrons. The molecule has 9 nitrogen and oxygen atoms in total. The lowest BCUT2D eigenvalue weighted by atomic mass is 10.1. The molecule has 54 heavy (non-hydrogen) atoms. The molecule has 0 rings (SSSR count). The van der Waals surface area contributed by atoms with Crippen molar-refractivity contribution < 1.29 is 42.1 Å². The first kappa shape index (κ1) is 51.7. The zero-order valence-corrected chi connectivity index (χ0v) is 35.8. The van der Waals surface area contributed by atoms with Gasteiger partial charge in [0, 0.05) is 12.8 Å². The standard InChI is InChI=1S/C44H78NO8P/c1-6-8-10-12-14-16-18-19-20-21-22-23-24-25-27-28-30-32-34-36-43(46)50-40-42(41-52-54(48,49)51-39-38-45(3,4)5)53-44(47)37-35-33-31-29-26-17-15-13-11-9-7-2/h13-16,19-20,22-23,25,27,42H,6-12,17-18,21,24,26,28-41H2,1-5H3/b15-13-,16-14-,20-19-,23-22-,27-25-/t42-/m1/s1. The smallest absolute Gasteiger partial charge is 0.306 e. The Kier molecular flexibility index (Phi) is 34.8. The van der Waals surface area contributed by atoms with Crippen LogP contribution < -0.4 is 4.89 Å². The Morgan fingerprint density at radius 1 is 0.574 bits per heavy atom. The normalized spacial score (nSPS) is 14.3. The number of phosphoric ester groups is 1. The highest BCUT2D eigenvalue weighted by atomic mass is 31.2. The molecule has 0 saturated heterocycles. The van der Waals surface area contributed by atoms with Crippen LogP contribution in [0.3, 0.4) is 0 Å². The van der Waals surface area contributed by atoms with Gasteiger partial charge in [0.2, 0.25) is 0 Å². The Morgan fingerprint density at radius 2 is 1.02 bits per heavy atom. The van der Waals surface area contributed by atoms with Gasteiger partial charge in [-0.15, -0.1) is 0 Å². The molecule has 0 aromatic carbocycles. The summed E-state index contributed by atoms with van der Waals surface area (Å²) in [6, 6.07) is 0. The molecule has 2 atom stereocenters. The number of likely N-dealkylation sites (N-methyl/N-ethyl adjacent to an activating group) is 1. The molecule has 0 radical (unpaired) electrons. The van der Waals surface area contributed by atoms with Crippen molar-refractivity contribution in [2.24, 2.45) is 0 Å². The zero-order chi connectivity index (χ0) is 40.0. The van der Waals surface area contributed by atoms with Crippen LogP contribution in [0.1, 0.15) is 155 Å². The first-order chi connectivity index (χ1) is 26.0. The number of unbranched alkanes of at least 4 members (excludes halogenated alkanes) is 13. The van der Waals surface area contributed by atoms with Crippen molar-refractivity contribution in [2.75, 3.05) is 47.5 Å². The molecule has 1 unspecified atom stereocenters. The van der Waals surface area contributed by atoms with Gasteiger partial charge in [0.25, 0.3) is 7.82 Å². The van der Waals surface area contributed by atoms with E-state index >= 15 is 0 Å². The lowest BCUT2D eigenvalue weighted by Gasteiger charge is -2.28. The summed E-state index contributed by atoms with van der Waals surface area (Å²) < 4.78 is 33.8. The van der Waals surface area contributed by atoms with Crippen molar-refractivity contribution in [3.63, 3.8) is 0 Å². The van der Waals surface area contributed by atoms with Crippen LogP contribution in [-0.2, 0) is 32.7 Å². The summed E-state index contributed by atoms with van der Waals surface area (Å²) in [4.78, 5) is 37.4. The molecule has 0 heterocycles. The number of phosphoric acid groups is 1. The largest absolute Gasteiger partial charge is 0.756 e. The molecule has 0 bridgehead atoms. The second-order valence-corrected chi connectivity index (χ2v) is 16.4. The number of quaternary nitrogens is 1. The molecular weight excluding hydrogens is 701 g/mol. The van der Waals surface area contributed by atoms with Crippen molar-refractivity contribution in [1.29, 1.82) is 0 Å². The maximum Gasteiger partial charge on any atom is 0.306 e. The number of hydrogen-bond donors (Lipinski definition) is 0. The number of esters is 2. The molecule has 0 aliphatic heterocycles.